The van der Waals surface area contributed by atoms with Gasteiger partial charge in [-0.2, -0.15) is 0 Å². The van der Waals surface area contributed by atoms with Gasteiger partial charge in [0.15, 0.2) is 0 Å². The Morgan fingerprint density at radius 3 is 2.81 bits per heavy atom. The highest BCUT2D eigenvalue weighted by atomic mass is 16.6. The van der Waals surface area contributed by atoms with Crippen molar-refractivity contribution in [3.63, 3.8) is 0 Å². The minimum atomic E-state index is -0.247. The number of hydrogen-bond donors (Lipinski definition) is 0. The molecule has 5 nitrogen and oxygen atoms in total. The first-order chi connectivity index (χ1) is 9.93. The van der Waals surface area contributed by atoms with Gasteiger partial charge < -0.3 is 14.0 Å². The van der Waals surface area contributed by atoms with Crippen LogP contribution in [-0.2, 0) is 19.1 Å². The minimum absolute atomic E-state index is 0.0803. The molecule has 0 aromatic heterocycles. The second kappa shape index (κ2) is 5.27. The first kappa shape index (κ1) is 14.8. The summed E-state index contributed by atoms with van der Waals surface area (Å²) in [6.07, 6.45) is 3.00. The summed E-state index contributed by atoms with van der Waals surface area (Å²) < 4.78 is 11.7. The van der Waals surface area contributed by atoms with Crippen molar-refractivity contribution < 1.29 is 23.5 Å². The van der Waals surface area contributed by atoms with E-state index in [2.05, 4.69) is 21.0 Å². The van der Waals surface area contributed by atoms with E-state index in [1.165, 1.54) is 0 Å². The van der Waals surface area contributed by atoms with Crippen LogP contribution in [0.1, 0.15) is 26.2 Å². The van der Waals surface area contributed by atoms with Crippen LogP contribution < -0.4 is 0 Å². The van der Waals surface area contributed by atoms with Crippen LogP contribution in [0.2, 0.25) is 0 Å². The molecule has 0 aromatic rings. The summed E-state index contributed by atoms with van der Waals surface area (Å²) in [5, 5.41) is 0. The van der Waals surface area contributed by atoms with E-state index in [0.29, 0.717) is 12.5 Å². The number of carbonyl (C=O) groups excluding carboxylic acids is 2. The molecule has 2 aliphatic carbocycles. The van der Waals surface area contributed by atoms with Gasteiger partial charge in [-0.25, -0.2) is 0 Å². The normalized spacial score (nSPS) is 36.9. The summed E-state index contributed by atoms with van der Waals surface area (Å²) in [7, 11) is 4.29. The number of nitrogens with zero attached hydrogens (tertiary/aromatic N) is 1. The largest absolute Gasteiger partial charge is 0.462 e. The molecule has 0 aromatic carbocycles. The average molecular weight is 296 g/mol. The van der Waals surface area contributed by atoms with E-state index in [9.17, 15) is 9.59 Å². The van der Waals surface area contributed by atoms with Gasteiger partial charge in [0.1, 0.15) is 19.3 Å². The van der Waals surface area contributed by atoms with Crippen LogP contribution in [0.4, 0.5) is 0 Å². The van der Waals surface area contributed by atoms with Crippen molar-refractivity contribution in [1.29, 1.82) is 0 Å². The molecular weight excluding hydrogens is 270 g/mol. The molecule has 1 aliphatic heterocycles. The lowest BCUT2D eigenvalue weighted by Crippen LogP contribution is -2.43. The third-order valence-corrected chi connectivity index (χ3v) is 5.53. The van der Waals surface area contributed by atoms with Crippen LogP contribution in [0, 0.1) is 23.7 Å². The summed E-state index contributed by atoms with van der Waals surface area (Å²) in [5.41, 5.74) is 0. The lowest BCUT2D eigenvalue weighted by atomic mass is 9.80. The van der Waals surface area contributed by atoms with E-state index >= 15 is 0 Å². The van der Waals surface area contributed by atoms with Crippen LogP contribution in [0.15, 0.2) is 0 Å². The second-order valence-corrected chi connectivity index (χ2v) is 7.47. The van der Waals surface area contributed by atoms with E-state index in [1.807, 2.05) is 0 Å². The molecule has 0 N–H and O–H groups in total. The molecular formula is C16H26NO4+. The molecule has 1 saturated heterocycles. The zero-order chi connectivity index (χ0) is 15.2. The summed E-state index contributed by atoms with van der Waals surface area (Å²) >= 11 is 0. The predicted octanol–water partition coefficient (Wildman–Crippen LogP) is 1.21. The van der Waals surface area contributed by atoms with Gasteiger partial charge in [0.05, 0.1) is 32.5 Å². The maximum atomic E-state index is 12.4. The van der Waals surface area contributed by atoms with Gasteiger partial charge in [0.25, 0.3) is 0 Å². The topological polar surface area (TPSA) is 52.6 Å². The Hall–Kier alpha value is -1.10. The molecule has 21 heavy (non-hydrogen) atoms. The Morgan fingerprint density at radius 2 is 2.10 bits per heavy atom. The molecule has 118 valence electrons. The zero-order valence-corrected chi connectivity index (χ0v) is 13.2. The Bertz CT molecular complexity index is 446. The van der Waals surface area contributed by atoms with E-state index in [-0.39, 0.29) is 35.8 Å². The van der Waals surface area contributed by atoms with Crippen LogP contribution in [0.25, 0.3) is 0 Å². The van der Waals surface area contributed by atoms with Gasteiger partial charge in [0, 0.05) is 5.92 Å². The van der Waals surface area contributed by atoms with Gasteiger partial charge in [-0.15, -0.1) is 0 Å². The number of hydrogen-bond acceptors (Lipinski definition) is 4. The standard InChI is InChI=1S/C16H26NO4/c1-4-5-17(2,3)6-7-20-15(18)13-10-8-11-12(9-10)21-16(19)14(11)13/h10-14H,4-9H2,1-3H3/q+1/t10-,11-,12+,13+,14-/m0/s1. The number of rotatable bonds is 6. The van der Waals surface area contributed by atoms with Gasteiger partial charge in [-0.3, -0.25) is 9.59 Å². The average Bonchev–Trinajstić information content (AvgIpc) is 2.98. The molecule has 0 unspecified atom stereocenters. The summed E-state index contributed by atoms with van der Waals surface area (Å²) in [6.45, 7) is 4.48. The Balaban J connectivity index is 1.54. The lowest BCUT2D eigenvalue weighted by Gasteiger charge is -2.29. The van der Waals surface area contributed by atoms with Crippen molar-refractivity contribution in [3.05, 3.63) is 0 Å². The molecule has 0 amide bonds. The smallest absolute Gasteiger partial charge is 0.310 e. The number of ether oxygens (including phenoxy) is 2. The molecule has 0 radical (unpaired) electrons. The summed E-state index contributed by atoms with van der Waals surface area (Å²) in [4.78, 5) is 24.3. The Kier molecular flexibility index (Phi) is 3.72. The van der Waals surface area contributed by atoms with Crippen LogP contribution >= 0.6 is 0 Å². The van der Waals surface area contributed by atoms with Crippen molar-refractivity contribution in [2.45, 2.75) is 32.3 Å². The number of quaternary nitrogens is 1. The van der Waals surface area contributed by atoms with Gasteiger partial charge in [0.2, 0.25) is 0 Å². The van der Waals surface area contributed by atoms with E-state index in [0.717, 1.165) is 36.8 Å². The third kappa shape index (κ3) is 2.56. The fourth-order valence-corrected chi connectivity index (χ4v) is 4.53. The van der Waals surface area contributed by atoms with Gasteiger partial charge >= 0.3 is 11.9 Å². The molecule has 5 atom stereocenters. The molecule has 3 aliphatic rings. The van der Waals surface area contributed by atoms with Crippen molar-refractivity contribution in [2.75, 3.05) is 33.8 Å². The highest BCUT2D eigenvalue weighted by Crippen LogP contribution is 2.57. The van der Waals surface area contributed by atoms with Crippen LogP contribution in [0.3, 0.4) is 0 Å². The number of carbonyl (C=O) groups is 2. The van der Waals surface area contributed by atoms with Crippen LogP contribution in [-0.4, -0.2) is 56.3 Å². The first-order valence-electron chi connectivity index (χ1n) is 8.12. The van der Waals surface area contributed by atoms with Crippen molar-refractivity contribution in [1.82, 2.24) is 0 Å². The molecule has 2 bridgehead atoms. The van der Waals surface area contributed by atoms with Crippen molar-refractivity contribution >= 4 is 11.9 Å². The number of esters is 2. The lowest BCUT2D eigenvalue weighted by molar-refractivity contribution is -0.890. The molecule has 5 heteroatoms. The highest BCUT2D eigenvalue weighted by molar-refractivity contribution is 5.85. The molecule has 3 rings (SSSR count). The highest BCUT2D eigenvalue weighted by Gasteiger charge is 2.64. The summed E-state index contributed by atoms with van der Waals surface area (Å²) in [5.74, 6) is -0.257. The molecule has 2 saturated carbocycles. The van der Waals surface area contributed by atoms with E-state index in [1.54, 1.807) is 0 Å². The summed E-state index contributed by atoms with van der Waals surface area (Å²) in [6, 6.07) is 0. The second-order valence-electron chi connectivity index (χ2n) is 7.47. The molecule has 3 fully saturated rings. The maximum absolute atomic E-state index is 12.4. The van der Waals surface area contributed by atoms with Crippen molar-refractivity contribution in [2.24, 2.45) is 23.7 Å². The third-order valence-electron chi connectivity index (χ3n) is 5.53. The van der Waals surface area contributed by atoms with E-state index < -0.39 is 0 Å². The zero-order valence-electron chi connectivity index (χ0n) is 13.2. The maximum Gasteiger partial charge on any atom is 0.310 e. The van der Waals surface area contributed by atoms with Crippen molar-refractivity contribution in [3.8, 4) is 0 Å². The SMILES string of the molecule is CCC[N+](C)(C)CCOC(=O)[C@@H]1[C@H]2C[C@@H]3[C@@H]1C(=O)O[C@@H]3C2. The Labute approximate surface area is 126 Å². The monoisotopic (exact) mass is 296 g/mol. The molecule has 0 spiro atoms. The van der Waals surface area contributed by atoms with Crippen LogP contribution in [0.5, 0.6) is 0 Å². The minimum Gasteiger partial charge on any atom is -0.462 e. The fourth-order valence-electron chi connectivity index (χ4n) is 4.53. The van der Waals surface area contributed by atoms with E-state index in [4.69, 9.17) is 9.47 Å². The molecule has 1 heterocycles. The van der Waals surface area contributed by atoms with Gasteiger partial charge in [-0.1, -0.05) is 6.92 Å². The first-order valence-corrected chi connectivity index (χ1v) is 8.12. The Morgan fingerprint density at radius 1 is 1.33 bits per heavy atom. The quantitative estimate of drug-likeness (QED) is 0.546. The predicted molar refractivity (Wildman–Crippen MR) is 76.2 cm³/mol. The number of fused-ring (bicyclic) bond motifs is 1. The van der Waals surface area contributed by atoms with Gasteiger partial charge in [-0.05, 0) is 25.2 Å². The number of likely N-dealkylation sites (N-methyl/N-ethyl adjacent to an activating group) is 1. The fraction of sp³-hybridized carbons (Fsp3) is 0.875.